The number of amides is 1. The van der Waals surface area contributed by atoms with Crippen molar-refractivity contribution in [1.29, 1.82) is 0 Å². The zero-order valence-corrected chi connectivity index (χ0v) is 10.7. The van der Waals surface area contributed by atoms with Crippen molar-refractivity contribution < 1.29 is 4.79 Å². The number of hydrogen-bond acceptors (Lipinski definition) is 4. The number of pyridine rings is 1. The van der Waals surface area contributed by atoms with Gasteiger partial charge in [-0.05, 0) is 36.5 Å². The van der Waals surface area contributed by atoms with E-state index in [1.165, 1.54) is 0 Å². The molecule has 1 aromatic rings. The van der Waals surface area contributed by atoms with Crippen LogP contribution in [0.5, 0.6) is 0 Å². The number of anilines is 1. The van der Waals surface area contributed by atoms with Crippen molar-refractivity contribution >= 4 is 23.5 Å². The minimum Gasteiger partial charge on any atom is -0.373 e. The minimum absolute atomic E-state index is 0.0704. The van der Waals surface area contributed by atoms with Crippen LogP contribution < -0.4 is 10.6 Å². The van der Waals surface area contributed by atoms with E-state index in [4.69, 9.17) is 0 Å². The second-order valence-electron chi connectivity index (χ2n) is 4.02. The van der Waals surface area contributed by atoms with Crippen LogP contribution in [0.4, 0.5) is 5.82 Å². The van der Waals surface area contributed by atoms with Crippen molar-refractivity contribution in [1.82, 2.24) is 10.3 Å². The summed E-state index contributed by atoms with van der Waals surface area (Å²) in [5.74, 6) is 2.92. The van der Waals surface area contributed by atoms with Crippen LogP contribution >= 0.6 is 11.8 Å². The first-order chi connectivity index (χ1) is 8.29. The van der Waals surface area contributed by atoms with Gasteiger partial charge in [-0.15, -0.1) is 0 Å². The van der Waals surface area contributed by atoms with E-state index in [9.17, 15) is 4.79 Å². The lowest BCUT2D eigenvalue weighted by Crippen LogP contribution is -2.37. The van der Waals surface area contributed by atoms with Crippen LogP contribution in [0.15, 0.2) is 18.2 Å². The van der Waals surface area contributed by atoms with Crippen LogP contribution in [0, 0.1) is 0 Å². The van der Waals surface area contributed by atoms with E-state index < -0.39 is 0 Å². The lowest BCUT2D eigenvalue weighted by Gasteiger charge is -2.22. The first kappa shape index (κ1) is 12.2. The molecule has 1 aliphatic heterocycles. The predicted molar refractivity (Wildman–Crippen MR) is 71.6 cm³/mol. The molecule has 1 amide bonds. The summed E-state index contributed by atoms with van der Waals surface area (Å²) in [4.78, 5) is 16.2. The Kier molecular flexibility index (Phi) is 4.25. The lowest BCUT2D eigenvalue weighted by molar-refractivity contribution is 0.0930. The second-order valence-corrected chi connectivity index (χ2v) is 5.24. The molecular weight excluding hydrogens is 234 g/mol. The quantitative estimate of drug-likeness (QED) is 0.859. The van der Waals surface area contributed by atoms with E-state index in [1.54, 1.807) is 13.1 Å². The Morgan fingerprint density at radius 2 is 2.18 bits per heavy atom. The SMILES string of the molecule is CNc1cccc(C(=O)NC2CCSCC2)n1. The monoisotopic (exact) mass is 251 g/mol. The highest BCUT2D eigenvalue weighted by atomic mass is 32.2. The molecule has 0 unspecified atom stereocenters. The maximum atomic E-state index is 12.0. The summed E-state index contributed by atoms with van der Waals surface area (Å²) in [6, 6.07) is 5.73. The fourth-order valence-electron chi connectivity index (χ4n) is 1.80. The van der Waals surface area contributed by atoms with Crippen LogP contribution in [-0.4, -0.2) is 35.5 Å². The third-order valence-corrected chi connectivity index (χ3v) is 3.84. The zero-order chi connectivity index (χ0) is 12.1. The molecule has 0 atom stereocenters. The van der Waals surface area contributed by atoms with E-state index in [0.29, 0.717) is 11.7 Å². The fourth-order valence-corrected chi connectivity index (χ4v) is 2.91. The molecule has 17 heavy (non-hydrogen) atoms. The molecular formula is C12H17N3OS. The molecule has 0 saturated carbocycles. The molecule has 0 spiro atoms. The minimum atomic E-state index is -0.0704. The molecule has 1 saturated heterocycles. The van der Waals surface area contributed by atoms with Gasteiger partial charge in [-0.2, -0.15) is 11.8 Å². The molecule has 5 heteroatoms. The highest BCUT2D eigenvalue weighted by Gasteiger charge is 2.17. The number of nitrogens with one attached hydrogen (secondary N) is 2. The molecule has 0 bridgehead atoms. The number of carbonyl (C=O) groups is 1. The van der Waals surface area contributed by atoms with Crippen molar-refractivity contribution in [2.24, 2.45) is 0 Å². The Labute approximate surface area is 106 Å². The van der Waals surface area contributed by atoms with Gasteiger partial charge < -0.3 is 10.6 Å². The van der Waals surface area contributed by atoms with E-state index in [1.807, 2.05) is 23.9 Å². The number of aromatic nitrogens is 1. The summed E-state index contributed by atoms with van der Waals surface area (Å²) in [6.45, 7) is 0. The summed E-state index contributed by atoms with van der Waals surface area (Å²) in [6.07, 6.45) is 2.12. The zero-order valence-electron chi connectivity index (χ0n) is 9.90. The van der Waals surface area contributed by atoms with Crippen molar-refractivity contribution in [3.63, 3.8) is 0 Å². The lowest BCUT2D eigenvalue weighted by atomic mass is 10.1. The van der Waals surface area contributed by atoms with Crippen LogP contribution in [0.2, 0.25) is 0 Å². The average molecular weight is 251 g/mol. The Hall–Kier alpha value is -1.23. The van der Waals surface area contributed by atoms with Crippen molar-refractivity contribution in [2.75, 3.05) is 23.9 Å². The molecule has 2 heterocycles. The average Bonchev–Trinajstić information content (AvgIpc) is 2.40. The Balaban J connectivity index is 1.98. The van der Waals surface area contributed by atoms with Crippen molar-refractivity contribution in [3.8, 4) is 0 Å². The van der Waals surface area contributed by atoms with Crippen LogP contribution in [0.1, 0.15) is 23.3 Å². The van der Waals surface area contributed by atoms with Gasteiger partial charge >= 0.3 is 0 Å². The number of nitrogens with zero attached hydrogens (tertiary/aromatic N) is 1. The van der Waals surface area contributed by atoms with Gasteiger partial charge in [0.25, 0.3) is 5.91 Å². The molecule has 2 rings (SSSR count). The van der Waals surface area contributed by atoms with E-state index >= 15 is 0 Å². The Morgan fingerprint density at radius 3 is 2.88 bits per heavy atom. The van der Waals surface area contributed by atoms with E-state index in [2.05, 4.69) is 15.6 Å². The van der Waals surface area contributed by atoms with E-state index in [-0.39, 0.29) is 5.91 Å². The summed E-state index contributed by atoms with van der Waals surface area (Å²) in [5.41, 5.74) is 0.482. The van der Waals surface area contributed by atoms with Gasteiger partial charge in [-0.3, -0.25) is 4.79 Å². The molecule has 0 aliphatic carbocycles. The van der Waals surface area contributed by atoms with Gasteiger partial charge in [0.2, 0.25) is 0 Å². The van der Waals surface area contributed by atoms with Gasteiger partial charge in [-0.1, -0.05) is 6.07 Å². The molecule has 1 aliphatic rings. The largest absolute Gasteiger partial charge is 0.373 e. The smallest absolute Gasteiger partial charge is 0.270 e. The topological polar surface area (TPSA) is 54.0 Å². The third-order valence-electron chi connectivity index (χ3n) is 2.79. The number of hydrogen-bond donors (Lipinski definition) is 2. The number of carbonyl (C=O) groups excluding carboxylic acids is 1. The first-order valence-corrected chi connectivity index (χ1v) is 6.98. The second kappa shape index (κ2) is 5.91. The highest BCUT2D eigenvalue weighted by molar-refractivity contribution is 7.99. The summed E-state index contributed by atoms with van der Waals surface area (Å²) >= 11 is 1.95. The Morgan fingerprint density at radius 1 is 1.41 bits per heavy atom. The maximum absolute atomic E-state index is 12.0. The number of rotatable bonds is 3. The molecule has 1 fully saturated rings. The van der Waals surface area contributed by atoms with Crippen LogP contribution in [0.25, 0.3) is 0 Å². The fraction of sp³-hybridized carbons (Fsp3) is 0.500. The van der Waals surface area contributed by atoms with Crippen molar-refractivity contribution in [3.05, 3.63) is 23.9 Å². The first-order valence-electron chi connectivity index (χ1n) is 5.83. The predicted octanol–water partition coefficient (Wildman–Crippen LogP) is 1.75. The molecule has 4 nitrogen and oxygen atoms in total. The summed E-state index contributed by atoms with van der Waals surface area (Å²) < 4.78 is 0. The van der Waals surface area contributed by atoms with Crippen molar-refractivity contribution in [2.45, 2.75) is 18.9 Å². The summed E-state index contributed by atoms with van der Waals surface area (Å²) in [7, 11) is 1.79. The van der Waals surface area contributed by atoms with Gasteiger partial charge in [-0.25, -0.2) is 4.98 Å². The van der Waals surface area contributed by atoms with Gasteiger partial charge in [0.1, 0.15) is 11.5 Å². The summed E-state index contributed by atoms with van der Waals surface area (Å²) in [5, 5.41) is 5.98. The molecule has 92 valence electrons. The molecule has 1 aromatic heterocycles. The normalized spacial score (nSPS) is 16.5. The third kappa shape index (κ3) is 3.36. The Bertz CT molecular complexity index is 391. The van der Waals surface area contributed by atoms with Gasteiger partial charge in [0.05, 0.1) is 0 Å². The van der Waals surface area contributed by atoms with Crippen LogP contribution in [0.3, 0.4) is 0 Å². The number of thioether (sulfide) groups is 1. The molecule has 0 aromatic carbocycles. The van der Waals surface area contributed by atoms with Crippen LogP contribution in [-0.2, 0) is 0 Å². The van der Waals surface area contributed by atoms with Gasteiger partial charge in [0.15, 0.2) is 0 Å². The highest BCUT2D eigenvalue weighted by Crippen LogP contribution is 2.17. The standard InChI is InChI=1S/C12H17N3OS/c1-13-11-4-2-3-10(15-11)12(16)14-9-5-7-17-8-6-9/h2-4,9H,5-8H2,1H3,(H,13,15)(H,14,16). The van der Waals surface area contributed by atoms with E-state index in [0.717, 1.165) is 30.2 Å². The van der Waals surface area contributed by atoms with Gasteiger partial charge in [0, 0.05) is 13.1 Å². The molecule has 2 N–H and O–H groups in total. The molecule has 0 radical (unpaired) electrons. The maximum Gasteiger partial charge on any atom is 0.270 e.